The number of fused-ring (bicyclic) bond motifs is 1. The summed E-state index contributed by atoms with van der Waals surface area (Å²) in [4.78, 5) is 0. The molecule has 0 amide bonds. The average Bonchev–Trinajstić information content (AvgIpc) is 2.35. The third-order valence-electron chi connectivity index (χ3n) is 2.48. The fourth-order valence-corrected chi connectivity index (χ4v) is 1.57. The van der Waals surface area contributed by atoms with Gasteiger partial charge in [0.05, 0.1) is 22.1 Å². The second kappa shape index (κ2) is 3.69. The summed E-state index contributed by atoms with van der Waals surface area (Å²) >= 11 is 0. The Bertz CT molecular complexity index is 569. The highest BCUT2D eigenvalue weighted by Gasteiger charge is 2.28. The lowest BCUT2D eigenvalue weighted by Crippen LogP contribution is -2.08. The van der Waals surface area contributed by atoms with Crippen LogP contribution in [0.25, 0.3) is 10.8 Å². The summed E-state index contributed by atoms with van der Waals surface area (Å²) in [5.41, 5.74) is 8.25. The molecule has 0 heterocycles. The molecule has 4 N–H and O–H groups in total. The molecule has 0 fully saturated rings. The van der Waals surface area contributed by atoms with Crippen LogP contribution in [0.3, 0.4) is 0 Å². The minimum Gasteiger partial charge on any atom is -0.396 e. The average molecular weight is 266 g/mol. The molecule has 0 radical (unpaired) electrons. The molecule has 0 saturated heterocycles. The van der Waals surface area contributed by atoms with Gasteiger partial charge in [0.2, 0.25) is 0 Å². The van der Waals surface area contributed by atoms with Crippen LogP contribution < -0.4 is 11.5 Å². The van der Waals surface area contributed by atoms with E-state index >= 15 is 0 Å². The van der Waals surface area contributed by atoms with E-state index in [1.54, 1.807) is 0 Å². The Morgan fingerprint density at radius 1 is 0.444 bits per heavy atom. The monoisotopic (exact) mass is 266 g/mol. The SMILES string of the molecule is Nc1c(F)c(F)c2c(F)c(F)c(F)c(F)c2c1N. The summed E-state index contributed by atoms with van der Waals surface area (Å²) in [6.07, 6.45) is 0. The van der Waals surface area contributed by atoms with Gasteiger partial charge in [-0.15, -0.1) is 0 Å². The molecule has 2 nitrogen and oxygen atoms in total. The van der Waals surface area contributed by atoms with Crippen LogP contribution in [0, 0.1) is 34.9 Å². The summed E-state index contributed by atoms with van der Waals surface area (Å²) in [5, 5.41) is -2.56. The van der Waals surface area contributed by atoms with Gasteiger partial charge in [0, 0.05) is 0 Å². The summed E-state index contributed by atoms with van der Waals surface area (Å²) in [7, 11) is 0. The summed E-state index contributed by atoms with van der Waals surface area (Å²) in [6, 6.07) is 0. The Morgan fingerprint density at radius 3 is 1.33 bits per heavy atom. The Morgan fingerprint density at radius 2 is 0.833 bits per heavy atom. The number of nitrogen functional groups attached to an aromatic ring is 2. The minimum atomic E-state index is -2.26. The van der Waals surface area contributed by atoms with Crippen molar-refractivity contribution in [1.29, 1.82) is 0 Å². The minimum absolute atomic E-state index is 0.904. The zero-order valence-electron chi connectivity index (χ0n) is 8.42. The Hall–Kier alpha value is -2.12. The number of anilines is 2. The predicted octanol–water partition coefficient (Wildman–Crippen LogP) is 2.84. The molecule has 18 heavy (non-hydrogen) atoms. The number of hydrogen-bond acceptors (Lipinski definition) is 2. The fraction of sp³-hybridized carbons (Fsp3) is 0. The number of hydrogen-bond donors (Lipinski definition) is 2. The molecule has 0 aliphatic heterocycles. The molecular weight excluding hydrogens is 262 g/mol. The van der Waals surface area contributed by atoms with E-state index in [4.69, 9.17) is 11.5 Å². The largest absolute Gasteiger partial charge is 0.396 e. The maximum absolute atomic E-state index is 13.4. The summed E-state index contributed by atoms with van der Waals surface area (Å²) in [5.74, 6) is -12.2. The lowest BCUT2D eigenvalue weighted by Gasteiger charge is -2.11. The van der Waals surface area contributed by atoms with E-state index in [9.17, 15) is 26.3 Å². The highest BCUT2D eigenvalue weighted by Crippen LogP contribution is 2.37. The Labute approximate surface area is 95.8 Å². The first-order chi connectivity index (χ1) is 8.29. The van der Waals surface area contributed by atoms with Crippen LogP contribution in [-0.2, 0) is 0 Å². The van der Waals surface area contributed by atoms with Crippen molar-refractivity contribution in [2.24, 2.45) is 0 Å². The van der Waals surface area contributed by atoms with Crippen LogP contribution in [0.5, 0.6) is 0 Å². The molecule has 0 bridgehead atoms. The van der Waals surface area contributed by atoms with E-state index in [1.807, 2.05) is 0 Å². The number of halogens is 6. The second-order valence-electron chi connectivity index (χ2n) is 3.46. The summed E-state index contributed by atoms with van der Waals surface area (Å²) < 4.78 is 79.1. The van der Waals surface area contributed by atoms with Crippen LogP contribution in [0.1, 0.15) is 0 Å². The Kier molecular flexibility index (Phi) is 2.53. The third kappa shape index (κ3) is 1.31. The topological polar surface area (TPSA) is 52.0 Å². The van der Waals surface area contributed by atoms with E-state index < -0.39 is 57.1 Å². The molecule has 2 aromatic rings. The van der Waals surface area contributed by atoms with E-state index in [1.165, 1.54) is 0 Å². The van der Waals surface area contributed by atoms with Crippen molar-refractivity contribution in [1.82, 2.24) is 0 Å². The molecular formula is C10H4F6N2. The van der Waals surface area contributed by atoms with Gasteiger partial charge in [0.1, 0.15) is 0 Å². The van der Waals surface area contributed by atoms with Crippen molar-refractivity contribution in [3.8, 4) is 0 Å². The predicted molar refractivity (Wildman–Crippen MR) is 52.5 cm³/mol. The molecule has 0 saturated carbocycles. The van der Waals surface area contributed by atoms with Crippen molar-refractivity contribution < 1.29 is 26.3 Å². The molecule has 2 rings (SSSR count). The van der Waals surface area contributed by atoms with Gasteiger partial charge in [0.15, 0.2) is 34.9 Å². The van der Waals surface area contributed by atoms with Crippen molar-refractivity contribution >= 4 is 22.1 Å². The number of nitrogens with two attached hydrogens (primary N) is 2. The van der Waals surface area contributed by atoms with Gasteiger partial charge in [0.25, 0.3) is 0 Å². The van der Waals surface area contributed by atoms with Gasteiger partial charge in [-0.3, -0.25) is 0 Å². The van der Waals surface area contributed by atoms with E-state index in [2.05, 4.69) is 0 Å². The van der Waals surface area contributed by atoms with E-state index in [-0.39, 0.29) is 0 Å². The van der Waals surface area contributed by atoms with Crippen LogP contribution >= 0.6 is 0 Å². The van der Waals surface area contributed by atoms with Crippen LogP contribution in [0.4, 0.5) is 37.7 Å². The maximum Gasteiger partial charge on any atom is 0.198 e. The van der Waals surface area contributed by atoms with Gasteiger partial charge in [-0.2, -0.15) is 0 Å². The van der Waals surface area contributed by atoms with Crippen LogP contribution in [0.15, 0.2) is 0 Å². The maximum atomic E-state index is 13.4. The first-order valence-corrected chi connectivity index (χ1v) is 4.46. The fourth-order valence-electron chi connectivity index (χ4n) is 1.57. The Balaban J connectivity index is 3.22. The van der Waals surface area contributed by atoms with Crippen LogP contribution in [-0.4, -0.2) is 0 Å². The van der Waals surface area contributed by atoms with Gasteiger partial charge in [-0.25, -0.2) is 26.3 Å². The standard InChI is InChI=1S/C10H4F6N2/c11-3-1-2(5(13)7(15)6(3)14)9(17)10(18)8(16)4(1)12/h17-18H2. The quantitative estimate of drug-likeness (QED) is 0.333. The molecule has 0 unspecified atom stereocenters. The van der Waals surface area contributed by atoms with Crippen molar-refractivity contribution in [2.45, 2.75) is 0 Å². The third-order valence-corrected chi connectivity index (χ3v) is 2.48. The molecule has 8 heteroatoms. The highest BCUT2D eigenvalue weighted by molar-refractivity contribution is 5.99. The van der Waals surface area contributed by atoms with Crippen molar-refractivity contribution in [3.05, 3.63) is 34.9 Å². The highest BCUT2D eigenvalue weighted by atomic mass is 19.2. The lowest BCUT2D eigenvalue weighted by molar-refractivity contribution is 0.415. The zero-order valence-corrected chi connectivity index (χ0v) is 8.42. The smallest absolute Gasteiger partial charge is 0.198 e. The zero-order chi connectivity index (χ0) is 13.8. The van der Waals surface area contributed by atoms with Gasteiger partial charge in [-0.1, -0.05) is 0 Å². The van der Waals surface area contributed by atoms with E-state index in [0.29, 0.717) is 0 Å². The second-order valence-corrected chi connectivity index (χ2v) is 3.46. The van der Waals surface area contributed by atoms with Gasteiger partial charge >= 0.3 is 0 Å². The molecule has 0 spiro atoms. The number of rotatable bonds is 0. The molecule has 0 aliphatic rings. The number of benzene rings is 2. The van der Waals surface area contributed by atoms with Gasteiger partial charge < -0.3 is 11.5 Å². The molecule has 0 atom stereocenters. The normalized spacial score (nSPS) is 11.2. The first-order valence-electron chi connectivity index (χ1n) is 4.46. The van der Waals surface area contributed by atoms with Crippen molar-refractivity contribution in [3.63, 3.8) is 0 Å². The molecule has 0 aromatic heterocycles. The molecule has 2 aromatic carbocycles. The van der Waals surface area contributed by atoms with E-state index in [0.717, 1.165) is 0 Å². The first kappa shape index (κ1) is 12.3. The summed E-state index contributed by atoms with van der Waals surface area (Å²) in [6.45, 7) is 0. The molecule has 96 valence electrons. The lowest BCUT2D eigenvalue weighted by atomic mass is 10.0. The van der Waals surface area contributed by atoms with Crippen LogP contribution in [0.2, 0.25) is 0 Å². The molecule has 0 aliphatic carbocycles. The van der Waals surface area contributed by atoms with Crippen molar-refractivity contribution in [2.75, 3.05) is 11.5 Å². The van der Waals surface area contributed by atoms with Gasteiger partial charge in [-0.05, 0) is 0 Å².